The molecule has 2 N–H and O–H groups in total. The molecule has 0 radical (unpaired) electrons. The number of nitrogens with zero attached hydrogens (tertiary/aromatic N) is 1. The fourth-order valence-electron chi connectivity index (χ4n) is 2.60. The quantitative estimate of drug-likeness (QED) is 0.725. The lowest BCUT2D eigenvalue weighted by molar-refractivity contribution is -0.0626. The van der Waals surface area contributed by atoms with Crippen molar-refractivity contribution in [2.45, 2.75) is 43.9 Å². The number of rotatable bonds is 3. The SMILES string of the molecule is CC1CC(NCC2(O)CCOCC2)CN1C. The van der Waals surface area contributed by atoms with Crippen molar-refractivity contribution in [3.63, 3.8) is 0 Å². The average Bonchev–Trinajstić information content (AvgIpc) is 2.57. The van der Waals surface area contributed by atoms with Gasteiger partial charge < -0.3 is 20.1 Å². The van der Waals surface area contributed by atoms with Gasteiger partial charge in [0.25, 0.3) is 0 Å². The molecule has 0 aliphatic carbocycles. The van der Waals surface area contributed by atoms with E-state index < -0.39 is 5.60 Å². The molecule has 0 saturated carbocycles. The molecule has 16 heavy (non-hydrogen) atoms. The first kappa shape index (κ1) is 12.3. The van der Waals surface area contributed by atoms with Crippen LogP contribution in [0.25, 0.3) is 0 Å². The Labute approximate surface area is 98.0 Å². The molecule has 2 heterocycles. The second-order valence-electron chi connectivity index (χ2n) is 5.44. The van der Waals surface area contributed by atoms with Gasteiger partial charge in [0.1, 0.15) is 0 Å². The van der Waals surface area contributed by atoms with Gasteiger partial charge in [0.2, 0.25) is 0 Å². The number of ether oxygens (including phenoxy) is 1. The second-order valence-corrected chi connectivity index (χ2v) is 5.44. The van der Waals surface area contributed by atoms with Crippen molar-refractivity contribution < 1.29 is 9.84 Å². The molecule has 94 valence electrons. The monoisotopic (exact) mass is 228 g/mol. The van der Waals surface area contributed by atoms with Crippen LogP contribution in [0.3, 0.4) is 0 Å². The highest BCUT2D eigenvalue weighted by Crippen LogP contribution is 2.21. The van der Waals surface area contributed by atoms with E-state index in [-0.39, 0.29) is 0 Å². The third-order valence-electron chi connectivity index (χ3n) is 4.03. The number of nitrogens with one attached hydrogen (secondary N) is 1. The van der Waals surface area contributed by atoms with Crippen LogP contribution in [0.4, 0.5) is 0 Å². The number of likely N-dealkylation sites (N-methyl/N-ethyl adjacent to an activating group) is 1. The summed E-state index contributed by atoms with van der Waals surface area (Å²) in [4.78, 5) is 2.37. The van der Waals surface area contributed by atoms with E-state index in [1.165, 1.54) is 6.42 Å². The Bertz CT molecular complexity index is 219. The zero-order chi connectivity index (χ0) is 11.6. The van der Waals surface area contributed by atoms with Gasteiger partial charge >= 0.3 is 0 Å². The molecule has 0 spiro atoms. The molecule has 2 fully saturated rings. The lowest BCUT2D eigenvalue weighted by atomic mass is 9.94. The minimum atomic E-state index is -0.539. The molecule has 2 unspecified atom stereocenters. The normalized spacial score (nSPS) is 35.4. The van der Waals surface area contributed by atoms with Crippen LogP contribution < -0.4 is 5.32 Å². The molecule has 2 saturated heterocycles. The van der Waals surface area contributed by atoms with Crippen molar-refractivity contribution in [3.8, 4) is 0 Å². The summed E-state index contributed by atoms with van der Waals surface area (Å²) in [6.45, 7) is 5.44. The molecule has 2 aliphatic heterocycles. The number of hydrogen-bond acceptors (Lipinski definition) is 4. The molecule has 2 atom stereocenters. The van der Waals surface area contributed by atoms with E-state index in [4.69, 9.17) is 4.74 Å². The fraction of sp³-hybridized carbons (Fsp3) is 1.00. The topological polar surface area (TPSA) is 44.7 Å². The predicted molar refractivity (Wildman–Crippen MR) is 63.5 cm³/mol. The summed E-state index contributed by atoms with van der Waals surface area (Å²) in [5.41, 5.74) is -0.539. The van der Waals surface area contributed by atoms with E-state index in [9.17, 15) is 5.11 Å². The number of hydrogen-bond donors (Lipinski definition) is 2. The zero-order valence-electron chi connectivity index (χ0n) is 10.4. The van der Waals surface area contributed by atoms with Crippen molar-refractivity contribution in [3.05, 3.63) is 0 Å². The summed E-state index contributed by atoms with van der Waals surface area (Å²) in [7, 11) is 2.16. The molecule has 0 aromatic rings. The van der Waals surface area contributed by atoms with E-state index in [1.807, 2.05) is 0 Å². The van der Waals surface area contributed by atoms with Gasteiger partial charge in [-0.15, -0.1) is 0 Å². The lowest BCUT2D eigenvalue weighted by Crippen LogP contribution is -2.48. The van der Waals surface area contributed by atoms with Crippen LogP contribution in [-0.4, -0.2) is 61.0 Å². The van der Waals surface area contributed by atoms with Crippen LogP contribution in [0.1, 0.15) is 26.2 Å². The van der Waals surface area contributed by atoms with E-state index >= 15 is 0 Å². The minimum Gasteiger partial charge on any atom is -0.388 e. The first-order valence-corrected chi connectivity index (χ1v) is 6.33. The van der Waals surface area contributed by atoms with Gasteiger partial charge in [-0.05, 0) is 20.4 Å². The van der Waals surface area contributed by atoms with Gasteiger partial charge in [-0.1, -0.05) is 0 Å². The van der Waals surface area contributed by atoms with Gasteiger partial charge in [-0.2, -0.15) is 0 Å². The smallest absolute Gasteiger partial charge is 0.0815 e. The Balaban J connectivity index is 1.74. The maximum atomic E-state index is 10.3. The van der Waals surface area contributed by atoms with Crippen LogP contribution in [0, 0.1) is 0 Å². The molecule has 2 rings (SSSR count). The third kappa shape index (κ3) is 2.94. The highest BCUT2D eigenvalue weighted by Gasteiger charge is 2.32. The fourth-order valence-corrected chi connectivity index (χ4v) is 2.60. The molecule has 0 amide bonds. The summed E-state index contributed by atoms with van der Waals surface area (Å²) in [5.74, 6) is 0. The van der Waals surface area contributed by atoms with Crippen molar-refractivity contribution in [1.82, 2.24) is 10.2 Å². The first-order valence-electron chi connectivity index (χ1n) is 6.33. The molecule has 0 bridgehead atoms. The maximum Gasteiger partial charge on any atom is 0.0815 e. The molecular weight excluding hydrogens is 204 g/mol. The van der Waals surface area contributed by atoms with E-state index in [0.29, 0.717) is 31.8 Å². The summed E-state index contributed by atoms with van der Waals surface area (Å²) >= 11 is 0. The number of likely N-dealkylation sites (tertiary alicyclic amines) is 1. The third-order valence-corrected chi connectivity index (χ3v) is 4.03. The zero-order valence-corrected chi connectivity index (χ0v) is 10.4. The van der Waals surface area contributed by atoms with Gasteiger partial charge in [0, 0.05) is 51.2 Å². The summed E-state index contributed by atoms with van der Waals surface area (Å²) in [6.07, 6.45) is 2.71. The van der Waals surface area contributed by atoms with E-state index in [2.05, 4.69) is 24.2 Å². The van der Waals surface area contributed by atoms with Crippen LogP contribution in [0.15, 0.2) is 0 Å². The van der Waals surface area contributed by atoms with Crippen LogP contribution in [-0.2, 0) is 4.74 Å². The Morgan fingerprint density at radius 1 is 1.44 bits per heavy atom. The largest absolute Gasteiger partial charge is 0.388 e. The molecule has 4 heteroatoms. The Hall–Kier alpha value is -0.160. The van der Waals surface area contributed by atoms with Gasteiger partial charge in [0.15, 0.2) is 0 Å². The van der Waals surface area contributed by atoms with Gasteiger partial charge in [-0.3, -0.25) is 0 Å². The molecule has 0 aromatic carbocycles. The highest BCUT2D eigenvalue weighted by atomic mass is 16.5. The Morgan fingerprint density at radius 2 is 2.12 bits per heavy atom. The van der Waals surface area contributed by atoms with Gasteiger partial charge in [-0.25, -0.2) is 0 Å². The average molecular weight is 228 g/mol. The second kappa shape index (κ2) is 5.00. The van der Waals surface area contributed by atoms with E-state index in [0.717, 1.165) is 19.4 Å². The lowest BCUT2D eigenvalue weighted by Gasteiger charge is -2.33. The molecule has 0 aromatic heterocycles. The minimum absolute atomic E-state index is 0.534. The Kier molecular flexibility index (Phi) is 3.85. The summed E-state index contributed by atoms with van der Waals surface area (Å²) in [5, 5.41) is 13.8. The Morgan fingerprint density at radius 3 is 2.69 bits per heavy atom. The summed E-state index contributed by atoms with van der Waals surface area (Å²) < 4.78 is 5.27. The van der Waals surface area contributed by atoms with Gasteiger partial charge in [0.05, 0.1) is 5.60 Å². The van der Waals surface area contributed by atoms with E-state index in [1.54, 1.807) is 0 Å². The highest BCUT2D eigenvalue weighted by molar-refractivity contribution is 4.89. The van der Waals surface area contributed by atoms with Crippen LogP contribution >= 0.6 is 0 Å². The first-order chi connectivity index (χ1) is 7.59. The van der Waals surface area contributed by atoms with Crippen molar-refractivity contribution in [2.24, 2.45) is 0 Å². The van der Waals surface area contributed by atoms with Crippen LogP contribution in [0.2, 0.25) is 0 Å². The van der Waals surface area contributed by atoms with Crippen molar-refractivity contribution >= 4 is 0 Å². The predicted octanol–water partition coefficient (Wildman–Crippen LogP) is 0.210. The van der Waals surface area contributed by atoms with Crippen molar-refractivity contribution in [1.29, 1.82) is 0 Å². The molecule has 2 aliphatic rings. The number of aliphatic hydroxyl groups is 1. The molecular formula is C12H24N2O2. The standard InChI is InChI=1S/C12H24N2O2/c1-10-7-11(8-14(10)2)13-9-12(15)3-5-16-6-4-12/h10-11,13,15H,3-9H2,1-2H3. The summed E-state index contributed by atoms with van der Waals surface area (Å²) in [6, 6.07) is 1.19. The molecule has 4 nitrogen and oxygen atoms in total. The van der Waals surface area contributed by atoms with Crippen LogP contribution in [0.5, 0.6) is 0 Å². The maximum absolute atomic E-state index is 10.3. The van der Waals surface area contributed by atoms with Crippen molar-refractivity contribution in [2.75, 3.05) is 33.4 Å².